The number of aromatic carboxylic acids is 1. The second kappa shape index (κ2) is 5.39. The molecule has 6 heteroatoms. The molecule has 0 radical (unpaired) electrons. The van der Waals surface area contributed by atoms with Crippen molar-refractivity contribution in [3.63, 3.8) is 0 Å². The molecule has 0 heterocycles. The van der Waals surface area contributed by atoms with Crippen molar-refractivity contribution in [3.8, 4) is 0 Å². The topological polar surface area (TPSA) is 66.4 Å². The summed E-state index contributed by atoms with van der Waals surface area (Å²) in [7, 11) is 0. The summed E-state index contributed by atoms with van der Waals surface area (Å²) in [5, 5.41) is 11.2. The van der Waals surface area contributed by atoms with E-state index in [4.69, 9.17) is 5.11 Å². The van der Waals surface area contributed by atoms with Crippen LogP contribution in [0.1, 0.15) is 27.6 Å². The van der Waals surface area contributed by atoms with Gasteiger partial charge in [-0.05, 0) is 19.1 Å². The zero-order chi connectivity index (χ0) is 13.9. The monoisotopic (exact) mass is 255 g/mol. The minimum Gasteiger partial charge on any atom is -0.478 e. The van der Waals surface area contributed by atoms with Gasteiger partial charge in [-0.2, -0.15) is 0 Å². The molecule has 0 bridgehead atoms. The molecular weight excluding hydrogens is 244 g/mol. The van der Waals surface area contributed by atoms with E-state index in [1.54, 1.807) is 6.92 Å². The molecule has 1 aromatic carbocycles. The Morgan fingerprint density at radius 1 is 1.28 bits per heavy atom. The van der Waals surface area contributed by atoms with Crippen molar-refractivity contribution < 1.29 is 23.5 Å². The van der Waals surface area contributed by atoms with Gasteiger partial charge in [0.15, 0.2) is 11.6 Å². The second-order valence-electron chi connectivity index (χ2n) is 3.76. The van der Waals surface area contributed by atoms with Crippen LogP contribution in [-0.4, -0.2) is 23.5 Å². The first kappa shape index (κ1) is 13.8. The standard InChI is InChI=1S/C12H11F2NO3/c1-6(2)5-15-11(16)7-3-9(13)10(14)4-8(7)12(17)18/h3-4H,1,5H2,2H3,(H,15,16)(H,17,18). The van der Waals surface area contributed by atoms with Crippen LogP contribution in [0.25, 0.3) is 0 Å². The van der Waals surface area contributed by atoms with Gasteiger partial charge in [0.1, 0.15) is 0 Å². The fourth-order valence-corrected chi connectivity index (χ4v) is 1.24. The summed E-state index contributed by atoms with van der Waals surface area (Å²) in [6, 6.07) is 1.04. The minimum atomic E-state index is -1.51. The van der Waals surface area contributed by atoms with E-state index in [0.717, 1.165) is 0 Å². The quantitative estimate of drug-likeness (QED) is 0.808. The number of rotatable bonds is 4. The van der Waals surface area contributed by atoms with Crippen LogP contribution in [0.3, 0.4) is 0 Å². The maximum Gasteiger partial charge on any atom is 0.336 e. The van der Waals surface area contributed by atoms with Crippen LogP contribution in [0.5, 0.6) is 0 Å². The molecule has 1 rings (SSSR count). The Hall–Kier alpha value is -2.24. The first-order valence-electron chi connectivity index (χ1n) is 4.98. The third-order valence-corrected chi connectivity index (χ3v) is 2.09. The number of nitrogens with one attached hydrogen (secondary N) is 1. The van der Waals surface area contributed by atoms with Gasteiger partial charge in [0.2, 0.25) is 0 Å². The molecule has 1 aromatic rings. The average molecular weight is 255 g/mol. The highest BCUT2D eigenvalue weighted by molar-refractivity contribution is 6.04. The minimum absolute atomic E-state index is 0.122. The molecule has 2 N–H and O–H groups in total. The maximum atomic E-state index is 13.0. The van der Waals surface area contributed by atoms with Crippen molar-refractivity contribution >= 4 is 11.9 Å². The molecule has 1 amide bonds. The summed E-state index contributed by atoms with van der Waals surface area (Å²) >= 11 is 0. The normalized spacial score (nSPS) is 9.94. The molecule has 0 fully saturated rings. The Labute approximate surface area is 102 Å². The molecule has 0 atom stereocenters. The Bertz CT molecular complexity index is 526. The van der Waals surface area contributed by atoms with Gasteiger partial charge >= 0.3 is 5.97 Å². The summed E-state index contributed by atoms with van der Waals surface area (Å²) in [6.07, 6.45) is 0. The van der Waals surface area contributed by atoms with Crippen molar-refractivity contribution in [1.82, 2.24) is 5.32 Å². The van der Waals surface area contributed by atoms with Gasteiger partial charge in [-0.1, -0.05) is 12.2 Å². The van der Waals surface area contributed by atoms with Crippen molar-refractivity contribution in [2.24, 2.45) is 0 Å². The lowest BCUT2D eigenvalue weighted by molar-refractivity contribution is 0.0690. The first-order valence-corrected chi connectivity index (χ1v) is 4.98. The highest BCUT2D eigenvalue weighted by Crippen LogP contribution is 2.15. The van der Waals surface area contributed by atoms with Crippen LogP contribution in [0.4, 0.5) is 8.78 Å². The lowest BCUT2D eigenvalue weighted by Gasteiger charge is -2.08. The zero-order valence-corrected chi connectivity index (χ0v) is 9.59. The molecule has 4 nitrogen and oxygen atoms in total. The number of carboxylic acids is 1. The summed E-state index contributed by atoms with van der Waals surface area (Å²) in [5.41, 5.74) is -0.376. The fourth-order valence-electron chi connectivity index (χ4n) is 1.24. The maximum absolute atomic E-state index is 13.0. The molecule has 0 unspecified atom stereocenters. The van der Waals surface area contributed by atoms with E-state index in [0.29, 0.717) is 17.7 Å². The van der Waals surface area contributed by atoms with E-state index in [9.17, 15) is 18.4 Å². The molecular formula is C12H11F2NO3. The molecule has 96 valence electrons. The van der Waals surface area contributed by atoms with Crippen LogP contribution in [-0.2, 0) is 0 Å². The number of carbonyl (C=O) groups excluding carboxylic acids is 1. The third-order valence-electron chi connectivity index (χ3n) is 2.09. The summed E-state index contributed by atoms with van der Waals surface area (Å²) < 4.78 is 25.9. The van der Waals surface area contributed by atoms with Gasteiger partial charge in [-0.3, -0.25) is 4.79 Å². The van der Waals surface area contributed by atoms with Gasteiger partial charge < -0.3 is 10.4 Å². The van der Waals surface area contributed by atoms with Crippen LogP contribution >= 0.6 is 0 Å². The smallest absolute Gasteiger partial charge is 0.336 e. The van der Waals surface area contributed by atoms with Gasteiger partial charge in [0, 0.05) is 6.54 Å². The van der Waals surface area contributed by atoms with Crippen LogP contribution in [0, 0.1) is 11.6 Å². The van der Waals surface area contributed by atoms with Gasteiger partial charge in [0.05, 0.1) is 11.1 Å². The van der Waals surface area contributed by atoms with E-state index in [2.05, 4.69) is 11.9 Å². The number of benzene rings is 1. The molecule has 0 aliphatic rings. The van der Waals surface area contributed by atoms with E-state index in [-0.39, 0.29) is 6.54 Å². The Morgan fingerprint density at radius 3 is 2.22 bits per heavy atom. The number of halogens is 2. The van der Waals surface area contributed by atoms with Crippen LogP contribution in [0.2, 0.25) is 0 Å². The number of hydrogen-bond donors (Lipinski definition) is 2. The largest absolute Gasteiger partial charge is 0.478 e. The van der Waals surface area contributed by atoms with E-state index in [1.165, 1.54) is 0 Å². The summed E-state index contributed by atoms with van der Waals surface area (Å²) in [6.45, 7) is 5.32. The lowest BCUT2D eigenvalue weighted by Crippen LogP contribution is -2.27. The molecule has 0 aromatic heterocycles. The molecule has 0 spiro atoms. The summed E-state index contributed by atoms with van der Waals surface area (Å²) in [5.74, 6) is -4.90. The molecule has 0 saturated heterocycles. The van der Waals surface area contributed by atoms with E-state index < -0.39 is 34.6 Å². The first-order chi connectivity index (χ1) is 8.32. The highest BCUT2D eigenvalue weighted by Gasteiger charge is 2.20. The molecule has 0 saturated carbocycles. The number of amides is 1. The SMILES string of the molecule is C=C(C)CNC(=O)c1cc(F)c(F)cc1C(=O)O. The lowest BCUT2D eigenvalue weighted by atomic mass is 10.1. The number of hydrogen-bond acceptors (Lipinski definition) is 2. The van der Waals surface area contributed by atoms with Gasteiger partial charge in [-0.15, -0.1) is 0 Å². The van der Waals surface area contributed by atoms with E-state index in [1.807, 2.05) is 0 Å². The summed E-state index contributed by atoms with van der Waals surface area (Å²) in [4.78, 5) is 22.5. The third kappa shape index (κ3) is 3.13. The van der Waals surface area contributed by atoms with Crippen molar-refractivity contribution in [2.45, 2.75) is 6.92 Å². The van der Waals surface area contributed by atoms with Crippen molar-refractivity contribution in [2.75, 3.05) is 6.54 Å². The Morgan fingerprint density at radius 2 is 1.78 bits per heavy atom. The highest BCUT2D eigenvalue weighted by atomic mass is 19.2. The van der Waals surface area contributed by atoms with Crippen molar-refractivity contribution in [3.05, 3.63) is 47.0 Å². The Kier molecular flexibility index (Phi) is 4.14. The average Bonchev–Trinajstić information content (AvgIpc) is 2.28. The number of carbonyl (C=O) groups is 2. The van der Waals surface area contributed by atoms with Crippen molar-refractivity contribution in [1.29, 1.82) is 0 Å². The molecule has 0 aliphatic heterocycles. The van der Waals surface area contributed by atoms with E-state index >= 15 is 0 Å². The van der Waals surface area contributed by atoms with Crippen LogP contribution < -0.4 is 5.32 Å². The predicted octanol–water partition coefficient (Wildman–Crippen LogP) is 1.97. The zero-order valence-electron chi connectivity index (χ0n) is 9.59. The molecule has 0 aliphatic carbocycles. The van der Waals surface area contributed by atoms with Gasteiger partial charge in [0.25, 0.3) is 5.91 Å². The predicted molar refractivity (Wildman–Crippen MR) is 60.5 cm³/mol. The fraction of sp³-hybridized carbons (Fsp3) is 0.167. The molecule has 18 heavy (non-hydrogen) atoms. The van der Waals surface area contributed by atoms with Gasteiger partial charge in [-0.25, -0.2) is 13.6 Å². The van der Waals surface area contributed by atoms with Crippen LogP contribution in [0.15, 0.2) is 24.3 Å². The number of carboxylic acid groups (broad SMARTS) is 1. The second-order valence-corrected chi connectivity index (χ2v) is 3.76. The Balaban J connectivity index is 3.13.